The molecule has 0 spiro atoms. The molecule has 0 atom stereocenters. The Hall–Kier alpha value is -3.95. The number of anilines is 1. The van der Waals surface area contributed by atoms with Crippen molar-refractivity contribution in [3.63, 3.8) is 0 Å². The fraction of sp³-hybridized carbons (Fsp3) is 0. The molecular weight excluding hydrogens is 332 g/mol. The summed E-state index contributed by atoms with van der Waals surface area (Å²) < 4.78 is 0. The van der Waals surface area contributed by atoms with Gasteiger partial charge in [-0.15, -0.1) is 0 Å². The van der Waals surface area contributed by atoms with E-state index >= 15 is 0 Å². The number of nitrogens with zero attached hydrogens (tertiary/aromatic N) is 2. The molecule has 2 amide bonds. The number of aromatic hydroxyl groups is 2. The molecule has 0 heterocycles. The molecule has 0 unspecified atom stereocenters. The van der Waals surface area contributed by atoms with E-state index in [9.17, 15) is 24.8 Å². The van der Waals surface area contributed by atoms with Gasteiger partial charge in [0.1, 0.15) is 11.5 Å². The maximum atomic E-state index is 11.7. The molecule has 2 aromatic carbocycles. The number of nitro groups is 1. The number of carbonyl (C=O) groups excluding carboxylic acids is 2. The van der Waals surface area contributed by atoms with Crippen molar-refractivity contribution in [3.8, 4) is 11.5 Å². The summed E-state index contributed by atoms with van der Waals surface area (Å²) in [7, 11) is 0. The van der Waals surface area contributed by atoms with Gasteiger partial charge in [-0.1, -0.05) is 0 Å². The number of hydrogen-bond acceptors (Lipinski definition) is 7. The number of rotatable bonds is 4. The lowest BCUT2D eigenvalue weighted by Crippen LogP contribution is -2.32. The van der Waals surface area contributed by atoms with Gasteiger partial charge in [0, 0.05) is 23.4 Å². The number of benzene rings is 2. The molecule has 2 aromatic rings. The van der Waals surface area contributed by atoms with Crippen molar-refractivity contribution in [3.05, 3.63) is 58.1 Å². The van der Waals surface area contributed by atoms with E-state index in [1.54, 1.807) is 0 Å². The van der Waals surface area contributed by atoms with Gasteiger partial charge in [0.15, 0.2) is 0 Å². The van der Waals surface area contributed by atoms with Gasteiger partial charge in [-0.25, -0.2) is 5.43 Å². The summed E-state index contributed by atoms with van der Waals surface area (Å²) in [5.41, 5.74) is 1.94. The van der Waals surface area contributed by atoms with E-state index in [2.05, 4.69) is 10.4 Å². The second-order valence-corrected chi connectivity index (χ2v) is 4.70. The Labute approximate surface area is 140 Å². The van der Waals surface area contributed by atoms with Gasteiger partial charge >= 0.3 is 11.8 Å². The molecule has 0 fully saturated rings. The molecule has 0 aliphatic rings. The predicted molar refractivity (Wildman–Crippen MR) is 87.2 cm³/mol. The van der Waals surface area contributed by atoms with Crippen molar-refractivity contribution in [1.82, 2.24) is 5.43 Å². The van der Waals surface area contributed by atoms with Gasteiger partial charge in [-0.05, 0) is 30.3 Å². The Morgan fingerprint density at radius 3 is 2.40 bits per heavy atom. The molecule has 0 saturated carbocycles. The molecule has 0 aliphatic heterocycles. The third kappa shape index (κ3) is 4.76. The molecule has 4 N–H and O–H groups in total. The topological polar surface area (TPSA) is 154 Å². The monoisotopic (exact) mass is 344 g/mol. The quantitative estimate of drug-likeness (QED) is 0.214. The average molecular weight is 344 g/mol. The summed E-state index contributed by atoms with van der Waals surface area (Å²) in [6, 6.07) is 8.72. The highest BCUT2D eigenvalue weighted by Gasteiger charge is 2.13. The first-order valence-electron chi connectivity index (χ1n) is 6.77. The lowest BCUT2D eigenvalue weighted by Gasteiger charge is -2.04. The summed E-state index contributed by atoms with van der Waals surface area (Å²) in [4.78, 5) is 33.3. The van der Waals surface area contributed by atoms with Gasteiger partial charge in [0.05, 0.1) is 11.1 Å². The molecule has 0 aromatic heterocycles. The van der Waals surface area contributed by atoms with Crippen molar-refractivity contribution < 1.29 is 24.7 Å². The van der Waals surface area contributed by atoms with Crippen LogP contribution in [0.5, 0.6) is 11.5 Å². The van der Waals surface area contributed by atoms with Crippen LogP contribution in [0.1, 0.15) is 5.56 Å². The number of phenols is 2. The smallest absolute Gasteiger partial charge is 0.329 e. The van der Waals surface area contributed by atoms with E-state index in [-0.39, 0.29) is 22.7 Å². The standard InChI is InChI=1S/C15H12N4O6/c20-12-4-1-10(2-5-12)17-14(22)15(23)18-16-8-9-7-11(19(24)25)3-6-13(9)21/h1-8,20-21H,(H,17,22)(H,18,23). The van der Waals surface area contributed by atoms with Gasteiger partial charge in [-0.3, -0.25) is 19.7 Å². The van der Waals surface area contributed by atoms with Gasteiger partial charge in [-0.2, -0.15) is 5.10 Å². The summed E-state index contributed by atoms with van der Waals surface area (Å²) in [6.07, 6.45) is 0.966. The average Bonchev–Trinajstić information content (AvgIpc) is 2.58. The van der Waals surface area contributed by atoms with Crippen LogP contribution < -0.4 is 10.7 Å². The normalized spacial score (nSPS) is 10.4. The molecule has 0 radical (unpaired) electrons. The Morgan fingerprint density at radius 2 is 1.76 bits per heavy atom. The van der Waals surface area contributed by atoms with E-state index in [0.29, 0.717) is 5.69 Å². The zero-order valence-electron chi connectivity index (χ0n) is 12.5. The Balaban J connectivity index is 1.98. The van der Waals surface area contributed by atoms with Crippen LogP contribution in [0, 0.1) is 10.1 Å². The minimum Gasteiger partial charge on any atom is -0.508 e. The number of amides is 2. The lowest BCUT2D eigenvalue weighted by atomic mass is 10.2. The SMILES string of the molecule is O=C(NN=Cc1cc([N+](=O)[O-])ccc1O)C(=O)Nc1ccc(O)cc1. The Morgan fingerprint density at radius 1 is 1.08 bits per heavy atom. The molecule has 0 aliphatic carbocycles. The molecule has 0 bridgehead atoms. The lowest BCUT2D eigenvalue weighted by molar-refractivity contribution is -0.384. The molecule has 0 saturated heterocycles. The number of hydrazone groups is 1. The fourth-order valence-electron chi connectivity index (χ4n) is 1.70. The highest BCUT2D eigenvalue weighted by atomic mass is 16.6. The number of phenolic OH excluding ortho intramolecular Hbond substituents is 2. The summed E-state index contributed by atoms with van der Waals surface area (Å²) in [5.74, 6) is -2.37. The van der Waals surface area contributed by atoms with Crippen LogP contribution in [0.2, 0.25) is 0 Å². The molecule has 10 heteroatoms. The van der Waals surface area contributed by atoms with Crippen LogP contribution >= 0.6 is 0 Å². The van der Waals surface area contributed by atoms with Crippen LogP contribution in [0.15, 0.2) is 47.6 Å². The van der Waals surface area contributed by atoms with Crippen LogP contribution in [-0.4, -0.2) is 33.2 Å². The van der Waals surface area contributed by atoms with Crippen LogP contribution in [0.3, 0.4) is 0 Å². The summed E-state index contributed by atoms with van der Waals surface area (Å²) in [6.45, 7) is 0. The van der Waals surface area contributed by atoms with Crippen molar-refractivity contribution >= 4 is 29.4 Å². The zero-order valence-corrected chi connectivity index (χ0v) is 12.5. The zero-order chi connectivity index (χ0) is 18.4. The van der Waals surface area contributed by atoms with E-state index < -0.39 is 16.7 Å². The predicted octanol–water partition coefficient (Wildman–Crippen LogP) is 1.09. The third-order valence-corrected chi connectivity index (χ3v) is 2.92. The second kappa shape index (κ2) is 7.55. The van der Waals surface area contributed by atoms with Gasteiger partial charge in [0.2, 0.25) is 0 Å². The minimum atomic E-state index is -1.09. The first-order valence-corrected chi connectivity index (χ1v) is 6.77. The van der Waals surface area contributed by atoms with Crippen LogP contribution in [0.4, 0.5) is 11.4 Å². The van der Waals surface area contributed by atoms with Crippen LogP contribution in [-0.2, 0) is 9.59 Å². The Bertz CT molecular complexity index is 848. The maximum Gasteiger partial charge on any atom is 0.329 e. The fourth-order valence-corrected chi connectivity index (χ4v) is 1.70. The van der Waals surface area contributed by atoms with E-state index in [1.165, 1.54) is 24.3 Å². The van der Waals surface area contributed by atoms with E-state index in [4.69, 9.17) is 5.11 Å². The largest absolute Gasteiger partial charge is 0.508 e. The first kappa shape index (κ1) is 17.4. The van der Waals surface area contributed by atoms with Crippen molar-refractivity contribution in [1.29, 1.82) is 0 Å². The number of non-ortho nitro benzene ring substituents is 1. The number of nitro benzene ring substituents is 1. The molecule has 10 nitrogen and oxygen atoms in total. The Kier molecular flexibility index (Phi) is 5.25. The van der Waals surface area contributed by atoms with Gasteiger partial charge in [0.25, 0.3) is 5.69 Å². The first-order chi connectivity index (χ1) is 11.9. The highest BCUT2D eigenvalue weighted by Crippen LogP contribution is 2.21. The molecular formula is C15H12N4O6. The van der Waals surface area contributed by atoms with Crippen molar-refractivity contribution in [2.75, 3.05) is 5.32 Å². The highest BCUT2D eigenvalue weighted by molar-refractivity contribution is 6.39. The van der Waals surface area contributed by atoms with Gasteiger partial charge < -0.3 is 15.5 Å². The molecule has 2 rings (SSSR count). The summed E-state index contributed by atoms with van der Waals surface area (Å²) in [5, 5.41) is 35.1. The van der Waals surface area contributed by atoms with E-state index in [1.807, 2.05) is 5.43 Å². The van der Waals surface area contributed by atoms with Crippen molar-refractivity contribution in [2.24, 2.45) is 5.10 Å². The second-order valence-electron chi connectivity index (χ2n) is 4.70. The number of hydrogen-bond donors (Lipinski definition) is 4. The van der Waals surface area contributed by atoms with E-state index in [0.717, 1.165) is 24.4 Å². The maximum absolute atomic E-state index is 11.7. The third-order valence-electron chi connectivity index (χ3n) is 2.92. The number of nitrogens with one attached hydrogen (secondary N) is 2. The van der Waals surface area contributed by atoms with Crippen molar-refractivity contribution in [2.45, 2.75) is 0 Å². The van der Waals surface area contributed by atoms with Crippen LogP contribution in [0.25, 0.3) is 0 Å². The minimum absolute atomic E-state index is 0.00353. The number of carbonyl (C=O) groups is 2. The molecule has 25 heavy (non-hydrogen) atoms. The molecule has 128 valence electrons. The summed E-state index contributed by atoms with van der Waals surface area (Å²) >= 11 is 0.